The van der Waals surface area contributed by atoms with Crippen LogP contribution in [0.3, 0.4) is 0 Å². The van der Waals surface area contributed by atoms with Crippen LogP contribution in [-0.2, 0) is 19.1 Å². The molecule has 2 heterocycles. The van der Waals surface area contributed by atoms with Crippen LogP contribution in [-0.4, -0.2) is 70.3 Å². The molecule has 0 radical (unpaired) electrons. The smallest absolute Gasteiger partial charge is 0.330 e. The molecular formula is C32H32F2N4O5. The van der Waals surface area contributed by atoms with Gasteiger partial charge in [-0.2, -0.15) is 0 Å². The molecule has 224 valence electrons. The molecule has 1 fully saturated rings. The fourth-order valence-corrected chi connectivity index (χ4v) is 5.39. The highest BCUT2D eigenvalue weighted by Gasteiger charge is 2.39. The maximum absolute atomic E-state index is 15.9. The predicted octanol–water partition coefficient (Wildman–Crippen LogP) is 5.09. The minimum absolute atomic E-state index is 0.0837. The summed E-state index contributed by atoms with van der Waals surface area (Å²) >= 11 is 0. The van der Waals surface area contributed by atoms with Crippen LogP contribution in [0.2, 0.25) is 0 Å². The Labute approximate surface area is 248 Å². The van der Waals surface area contributed by atoms with Crippen molar-refractivity contribution in [1.82, 2.24) is 4.90 Å². The number of hydrogen-bond donors (Lipinski definition) is 0. The van der Waals surface area contributed by atoms with E-state index in [1.54, 1.807) is 24.1 Å². The summed E-state index contributed by atoms with van der Waals surface area (Å²) in [6.07, 6.45) is 2.43. The van der Waals surface area contributed by atoms with Gasteiger partial charge in [-0.25, -0.2) is 18.6 Å². The number of carbonyl (C=O) groups excluding carboxylic acids is 2. The number of nitrogens with zero attached hydrogens (tertiary/aromatic N) is 4. The predicted molar refractivity (Wildman–Crippen MR) is 160 cm³/mol. The van der Waals surface area contributed by atoms with Crippen molar-refractivity contribution in [2.75, 3.05) is 57.3 Å². The lowest BCUT2D eigenvalue weighted by molar-refractivity contribution is -0.141. The first-order chi connectivity index (χ1) is 20.8. The highest BCUT2D eigenvalue weighted by Crippen LogP contribution is 2.44. The molecular weight excluding hydrogens is 558 g/mol. The number of methoxy groups -OCH3 is 3. The molecule has 9 nitrogen and oxygen atoms in total. The number of guanidine groups is 1. The van der Waals surface area contributed by atoms with Crippen LogP contribution in [0.5, 0.6) is 5.75 Å². The van der Waals surface area contributed by atoms with E-state index in [-0.39, 0.29) is 23.8 Å². The monoisotopic (exact) mass is 590 g/mol. The van der Waals surface area contributed by atoms with Crippen LogP contribution in [0.25, 0.3) is 6.08 Å². The zero-order valence-electron chi connectivity index (χ0n) is 24.1. The van der Waals surface area contributed by atoms with Gasteiger partial charge >= 0.3 is 11.9 Å². The molecule has 0 bridgehead atoms. The van der Waals surface area contributed by atoms with Crippen LogP contribution in [0.4, 0.5) is 25.8 Å². The fourth-order valence-electron chi connectivity index (χ4n) is 5.39. The molecule has 5 rings (SSSR count). The Bertz CT molecular complexity index is 1570. The van der Waals surface area contributed by atoms with Crippen molar-refractivity contribution in [3.8, 4) is 5.75 Å². The molecule has 2 aliphatic heterocycles. The van der Waals surface area contributed by atoms with Crippen LogP contribution >= 0.6 is 0 Å². The average molecular weight is 591 g/mol. The molecule has 0 spiro atoms. The molecule has 1 atom stereocenters. The zero-order valence-corrected chi connectivity index (χ0v) is 24.1. The van der Waals surface area contributed by atoms with Gasteiger partial charge in [0.1, 0.15) is 23.1 Å². The number of esters is 2. The summed E-state index contributed by atoms with van der Waals surface area (Å²) < 4.78 is 46.3. The van der Waals surface area contributed by atoms with E-state index in [0.29, 0.717) is 37.3 Å². The number of anilines is 2. The molecule has 1 saturated heterocycles. The standard InChI is InChI=1S/C32H32F2N4O5/c1-41-23-9-5-8-22(19-23)36-15-17-37(18-16-36)32-35-30-24(10-6-11-25(30)33)27(20-29(40)43-3)38(32)31-21(7-4-12-26(31)34)13-14-28(39)42-2/h4-14,19,27H,15-18,20H2,1-3H3. The third-order valence-corrected chi connectivity index (χ3v) is 7.54. The Kier molecular flexibility index (Phi) is 8.89. The van der Waals surface area contributed by atoms with Gasteiger partial charge in [0.2, 0.25) is 5.96 Å². The second-order valence-corrected chi connectivity index (χ2v) is 9.97. The zero-order chi connectivity index (χ0) is 30.5. The van der Waals surface area contributed by atoms with E-state index in [1.807, 2.05) is 29.2 Å². The molecule has 3 aromatic rings. The summed E-state index contributed by atoms with van der Waals surface area (Å²) in [5, 5.41) is 0. The summed E-state index contributed by atoms with van der Waals surface area (Å²) in [5.74, 6) is -1.31. The Morgan fingerprint density at radius 3 is 2.33 bits per heavy atom. The fraction of sp³-hybridized carbons (Fsp3) is 0.281. The van der Waals surface area contributed by atoms with Crippen molar-refractivity contribution >= 4 is 41.0 Å². The summed E-state index contributed by atoms with van der Waals surface area (Å²) in [5.41, 5.74) is 1.92. The van der Waals surface area contributed by atoms with Gasteiger partial charge in [0, 0.05) is 55.1 Å². The number of piperazine rings is 1. The summed E-state index contributed by atoms with van der Waals surface area (Å²) in [4.78, 5) is 35.2. The molecule has 43 heavy (non-hydrogen) atoms. The van der Waals surface area contributed by atoms with Gasteiger partial charge < -0.3 is 28.9 Å². The van der Waals surface area contributed by atoms with E-state index in [4.69, 9.17) is 19.2 Å². The van der Waals surface area contributed by atoms with Gasteiger partial charge in [-0.15, -0.1) is 0 Å². The molecule has 0 aliphatic carbocycles. The topological polar surface area (TPSA) is 83.9 Å². The Morgan fingerprint density at radius 2 is 1.60 bits per heavy atom. The summed E-state index contributed by atoms with van der Waals surface area (Å²) in [6.45, 7) is 2.14. The number of carbonyl (C=O) groups is 2. The number of hydrogen-bond acceptors (Lipinski definition) is 9. The number of aliphatic imine (C=N–C) groups is 1. The maximum atomic E-state index is 15.9. The quantitative estimate of drug-likeness (QED) is 0.278. The second kappa shape index (κ2) is 12.9. The Hall–Kier alpha value is -4.93. The van der Waals surface area contributed by atoms with Crippen molar-refractivity contribution in [3.05, 3.63) is 89.5 Å². The van der Waals surface area contributed by atoms with E-state index in [9.17, 15) is 9.59 Å². The molecule has 11 heteroatoms. The normalized spacial score (nSPS) is 16.5. The summed E-state index contributed by atoms with van der Waals surface area (Å²) in [7, 11) is 4.13. The lowest BCUT2D eigenvalue weighted by Crippen LogP contribution is -2.55. The van der Waals surface area contributed by atoms with Crippen LogP contribution in [0.1, 0.15) is 23.6 Å². The highest BCUT2D eigenvalue weighted by atomic mass is 19.1. The SMILES string of the molecule is COC(=O)C=Cc1cccc(F)c1N1C(N2CCN(c3cccc(OC)c3)CC2)=Nc2c(F)cccc2C1CC(=O)OC. The second-order valence-electron chi connectivity index (χ2n) is 9.97. The lowest BCUT2D eigenvalue weighted by Gasteiger charge is -2.45. The van der Waals surface area contributed by atoms with Gasteiger partial charge in [-0.3, -0.25) is 4.79 Å². The van der Waals surface area contributed by atoms with Crippen molar-refractivity contribution in [2.45, 2.75) is 12.5 Å². The van der Waals surface area contributed by atoms with Gasteiger partial charge in [0.15, 0.2) is 0 Å². The first-order valence-electron chi connectivity index (χ1n) is 13.8. The maximum Gasteiger partial charge on any atom is 0.330 e. The summed E-state index contributed by atoms with van der Waals surface area (Å²) in [6, 6.07) is 15.9. The van der Waals surface area contributed by atoms with Crippen LogP contribution in [0.15, 0.2) is 71.7 Å². The largest absolute Gasteiger partial charge is 0.497 e. The molecule has 0 N–H and O–H groups in total. The van der Waals surface area contributed by atoms with Crippen LogP contribution < -0.4 is 14.5 Å². The number of rotatable bonds is 7. The van der Waals surface area contributed by atoms with Gasteiger partial charge in [0.05, 0.1) is 39.5 Å². The van der Waals surface area contributed by atoms with Crippen molar-refractivity contribution < 1.29 is 32.6 Å². The molecule has 0 aromatic heterocycles. The number of fused-ring (bicyclic) bond motifs is 1. The minimum atomic E-state index is -0.857. The van der Waals surface area contributed by atoms with Gasteiger partial charge in [0.25, 0.3) is 0 Å². The van der Waals surface area contributed by atoms with Crippen molar-refractivity contribution in [2.24, 2.45) is 4.99 Å². The van der Waals surface area contributed by atoms with Gasteiger partial charge in [-0.1, -0.05) is 30.3 Å². The van der Waals surface area contributed by atoms with E-state index in [1.165, 1.54) is 50.6 Å². The number of benzene rings is 3. The Balaban J connectivity index is 1.61. The van der Waals surface area contributed by atoms with Gasteiger partial charge in [-0.05, 0) is 30.3 Å². The number of ether oxygens (including phenoxy) is 3. The van der Waals surface area contributed by atoms with Crippen molar-refractivity contribution in [3.63, 3.8) is 0 Å². The third-order valence-electron chi connectivity index (χ3n) is 7.54. The van der Waals surface area contributed by atoms with E-state index >= 15 is 8.78 Å². The average Bonchev–Trinajstić information content (AvgIpc) is 3.04. The molecule has 2 aliphatic rings. The minimum Gasteiger partial charge on any atom is -0.497 e. The lowest BCUT2D eigenvalue weighted by atomic mass is 9.96. The Morgan fingerprint density at radius 1 is 0.907 bits per heavy atom. The number of para-hydroxylation sites is 2. The van der Waals surface area contributed by atoms with E-state index in [0.717, 1.165) is 11.4 Å². The first kappa shape index (κ1) is 29.6. The first-order valence-corrected chi connectivity index (χ1v) is 13.8. The highest BCUT2D eigenvalue weighted by molar-refractivity contribution is 6.03. The molecule has 0 amide bonds. The van der Waals surface area contributed by atoms with Crippen molar-refractivity contribution in [1.29, 1.82) is 0 Å². The van der Waals surface area contributed by atoms with Crippen LogP contribution in [0, 0.1) is 11.6 Å². The number of halogens is 2. The third kappa shape index (κ3) is 6.15. The molecule has 0 saturated carbocycles. The molecule has 1 unspecified atom stereocenters. The van der Waals surface area contributed by atoms with E-state index < -0.39 is 29.6 Å². The van der Waals surface area contributed by atoms with E-state index in [2.05, 4.69) is 4.90 Å². The molecule has 3 aromatic carbocycles.